The number of hydrogen-bond acceptors (Lipinski definition) is 3. The van der Waals surface area contributed by atoms with Gasteiger partial charge in [0, 0.05) is 16.9 Å². The van der Waals surface area contributed by atoms with Crippen LogP contribution in [0.2, 0.25) is 0 Å². The van der Waals surface area contributed by atoms with Crippen LogP contribution in [-0.4, -0.2) is 22.3 Å². The van der Waals surface area contributed by atoms with Crippen LogP contribution in [0.5, 0.6) is 5.75 Å². The highest BCUT2D eigenvalue weighted by atomic mass is 79.9. The van der Waals surface area contributed by atoms with Crippen molar-refractivity contribution in [2.24, 2.45) is 0 Å². The van der Waals surface area contributed by atoms with Crippen molar-refractivity contribution in [3.05, 3.63) is 28.6 Å². The zero-order valence-electron chi connectivity index (χ0n) is 7.73. The highest BCUT2D eigenvalue weighted by Crippen LogP contribution is 2.25. The maximum atomic E-state index is 12.1. The molecule has 2 heterocycles. The van der Waals surface area contributed by atoms with E-state index >= 15 is 0 Å². The highest BCUT2D eigenvalue weighted by Gasteiger charge is 2.12. The molecule has 0 aliphatic rings. The van der Waals surface area contributed by atoms with Gasteiger partial charge in [-0.05, 0) is 22.0 Å². The van der Waals surface area contributed by atoms with E-state index in [-0.39, 0.29) is 17.1 Å². The molecule has 4 nitrogen and oxygen atoms in total. The molecule has 0 N–H and O–H groups in total. The van der Waals surface area contributed by atoms with Gasteiger partial charge in [-0.15, -0.1) is 0 Å². The Morgan fingerprint density at radius 3 is 2.88 bits per heavy atom. The van der Waals surface area contributed by atoms with Crippen molar-refractivity contribution in [3.63, 3.8) is 0 Å². The molecule has 7 heteroatoms. The van der Waals surface area contributed by atoms with E-state index in [0.717, 1.165) is 0 Å². The van der Waals surface area contributed by atoms with Gasteiger partial charge in [-0.2, -0.15) is 8.78 Å². The third kappa shape index (κ3) is 2.04. The molecule has 0 unspecified atom stereocenters. The van der Waals surface area contributed by atoms with Crippen molar-refractivity contribution < 1.29 is 18.3 Å². The molecular formula is C9H5BrF2N2O2. The zero-order valence-corrected chi connectivity index (χ0v) is 9.32. The molecule has 0 aromatic carbocycles. The van der Waals surface area contributed by atoms with Crippen LogP contribution in [0, 0.1) is 0 Å². The standard InChI is InChI=1S/C9H5BrF2N2O2/c10-5-1-7(16-9(11)12)8-13-6(4-15)3-14(8)2-5/h1-4,9H. The first kappa shape index (κ1) is 11.0. The molecule has 2 rings (SSSR count). The first-order valence-corrected chi connectivity index (χ1v) is 4.97. The number of hydrogen-bond donors (Lipinski definition) is 0. The highest BCUT2D eigenvalue weighted by molar-refractivity contribution is 9.10. The molecule has 84 valence electrons. The fraction of sp³-hybridized carbons (Fsp3) is 0.111. The number of nitrogens with zero attached hydrogens (tertiary/aromatic N) is 2. The molecule has 2 aromatic rings. The number of pyridine rings is 1. The Kier molecular flexibility index (Phi) is 2.86. The van der Waals surface area contributed by atoms with Crippen molar-refractivity contribution in [1.82, 2.24) is 9.38 Å². The Balaban J connectivity index is 2.61. The number of carbonyl (C=O) groups is 1. The summed E-state index contributed by atoms with van der Waals surface area (Å²) >= 11 is 3.14. The normalized spacial score (nSPS) is 11.0. The van der Waals surface area contributed by atoms with E-state index in [2.05, 4.69) is 25.7 Å². The first-order chi connectivity index (χ1) is 7.60. The lowest BCUT2D eigenvalue weighted by molar-refractivity contribution is -0.0491. The summed E-state index contributed by atoms with van der Waals surface area (Å²) in [6.45, 7) is -2.94. The summed E-state index contributed by atoms with van der Waals surface area (Å²) in [5, 5.41) is 0. The van der Waals surface area contributed by atoms with Gasteiger partial charge in [-0.25, -0.2) is 4.98 Å². The summed E-state index contributed by atoms with van der Waals surface area (Å²) < 4.78 is 30.5. The van der Waals surface area contributed by atoms with Gasteiger partial charge >= 0.3 is 6.61 Å². The van der Waals surface area contributed by atoms with Gasteiger partial charge in [0.05, 0.1) is 0 Å². The molecule has 0 radical (unpaired) electrons. The van der Waals surface area contributed by atoms with Gasteiger partial charge < -0.3 is 9.14 Å². The second-order valence-electron chi connectivity index (χ2n) is 2.92. The Bertz CT molecular complexity index is 542. The lowest BCUT2D eigenvalue weighted by Gasteiger charge is -2.06. The molecule has 0 spiro atoms. The number of imidazole rings is 1. The van der Waals surface area contributed by atoms with Crippen LogP contribution in [0.25, 0.3) is 5.65 Å². The summed E-state index contributed by atoms with van der Waals surface area (Å²) in [5.74, 6) is -0.0857. The fourth-order valence-electron chi connectivity index (χ4n) is 1.29. The average molecular weight is 291 g/mol. The van der Waals surface area contributed by atoms with Crippen LogP contribution in [0.1, 0.15) is 10.5 Å². The van der Waals surface area contributed by atoms with Gasteiger partial charge in [0.2, 0.25) is 0 Å². The molecule has 0 atom stereocenters. The van der Waals surface area contributed by atoms with Gasteiger partial charge in [0.1, 0.15) is 5.69 Å². The number of halogens is 3. The fourth-order valence-corrected chi connectivity index (χ4v) is 1.72. The van der Waals surface area contributed by atoms with Crippen LogP contribution < -0.4 is 4.74 Å². The largest absolute Gasteiger partial charge is 0.431 e. The van der Waals surface area contributed by atoms with Gasteiger partial charge in [0.15, 0.2) is 17.7 Å². The van der Waals surface area contributed by atoms with Crippen molar-refractivity contribution >= 4 is 27.9 Å². The number of rotatable bonds is 3. The van der Waals surface area contributed by atoms with Crippen LogP contribution in [0.4, 0.5) is 8.78 Å². The lowest BCUT2D eigenvalue weighted by Crippen LogP contribution is -2.03. The summed E-state index contributed by atoms with van der Waals surface area (Å²) in [7, 11) is 0. The van der Waals surface area contributed by atoms with Crippen LogP contribution in [0.3, 0.4) is 0 Å². The number of aromatic nitrogens is 2. The van der Waals surface area contributed by atoms with E-state index in [1.54, 1.807) is 6.20 Å². The van der Waals surface area contributed by atoms with Gasteiger partial charge in [0.25, 0.3) is 0 Å². The van der Waals surface area contributed by atoms with Gasteiger partial charge in [-0.1, -0.05) is 0 Å². The van der Waals surface area contributed by atoms with E-state index in [0.29, 0.717) is 10.8 Å². The zero-order chi connectivity index (χ0) is 11.7. The van der Waals surface area contributed by atoms with Crippen LogP contribution in [-0.2, 0) is 0 Å². The van der Waals surface area contributed by atoms with Crippen molar-refractivity contribution in [1.29, 1.82) is 0 Å². The molecule has 0 saturated heterocycles. The van der Waals surface area contributed by atoms with E-state index in [1.807, 2.05) is 0 Å². The number of ether oxygens (including phenoxy) is 1. The molecular weight excluding hydrogens is 286 g/mol. The molecule has 16 heavy (non-hydrogen) atoms. The number of aldehydes is 1. The predicted molar refractivity (Wildman–Crippen MR) is 54.9 cm³/mol. The molecule has 0 bridgehead atoms. The number of carbonyl (C=O) groups excluding carboxylic acids is 1. The Morgan fingerprint density at radius 2 is 2.25 bits per heavy atom. The van der Waals surface area contributed by atoms with E-state index < -0.39 is 6.61 Å². The molecule has 0 aliphatic carbocycles. The monoisotopic (exact) mass is 290 g/mol. The minimum absolute atomic E-state index is 0.0857. The maximum absolute atomic E-state index is 12.1. The topological polar surface area (TPSA) is 43.6 Å². The Labute approximate surface area is 97.0 Å². The summed E-state index contributed by atoms with van der Waals surface area (Å²) in [6, 6.07) is 1.36. The minimum atomic E-state index is -2.94. The molecule has 0 aliphatic heterocycles. The third-order valence-corrected chi connectivity index (χ3v) is 2.27. The second kappa shape index (κ2) is 4.17. The van der Waals surface area contributed by atoms with Crippen LogP contribution >= 0.6 is 15.9 Å². The quantitative estimate of drug-likeness (QED) is 0.816. The summed E-state index contributed by atoms with van der Waals surface area (Å²) in [5.41, 5.74) is 0.322. The predicted octanol–water partition coefficient (Wildman–Crippen LogP) is 2.51. The average Bonchev–Trinajstić information content (AvgIpc) is 2.59. The third-order valence-electron chi connectivity index (χ3n) is 1.84. The molecule has 0 amide bonds. The Hall–Kier alpha value is -1.50. The minimum Gasteiger partial charge on any atom is -0.431 e. The van der Waals surface area contributed by atoms with Crippen LogP contribution in [0.15, 0.2) is 22.9 Å². The summed E-state index contributed by atoms with van der Waals surface area (Å²) in [4.78, 5) is 14.4. The number of alkyl halides is 2. The van der Waals surface area contributed by atoms with E-state index in [9.17, 15) is 13.6 Å². The second-order valence-corrected chi connectivity index (χ2v) is 3.83. The lowest BCUT2D eigenvalue weighted by atomic mass is 10.4. The van der Waals surface area contributed by atoms with Gasteiger partial charge in [-0.3, -0.25) is 4.79 Å². The van der Waals surface area contributed by atoms with E-state index in [4.69, 9.17) is 0 Å². The smallest absolute Gasteiger partial charge is 0.387 e. The molecule has 0 fully saturated rings. The SMILES string of the molecule is O=Cc1cn2cc(Br)cc(OC(F)F)c2n1. The maximum Gasteiger partial charge on any atom is 0.387 e. The van der Waals surface area contributed by atoms with E-state index in [1.165, 1.54) is 16.7 Å². The van der Waals surface area contributed by atoms with Crippen molar-refractivity contribution in [2.75, 3.05) is 0 Å². The molecule has 0 saturated carbocycles. The Morgan fingerprint density at radius 1 is 1.50 bits per heavy atom. The molecule has 2 aromatic heterocycles. The van der Waals surface area contributed by atoms with Crippen molar-refractivity contribution in [2.45, 2.75) is 6.61 Å². The number of fused-ring (bicyclic) bond motifs is 1. The first-order valence-electron chi connectivity index (χ1n) is 4.18. The summed E-state index contributed by atoms with van der Waals surface area (Å²) in [6.07, 6.45) is 3.55. The van der Waals surface area contributed by atoms with Crippen molar-refractivity contribution in [3.8, 4) is 5.75 Å².